The molecule has 41 heavy (non-hydrogen) atoms. The lowest BCUT2D eigenvalue weighted by Crippen LogP contribution is -2.51. The maximum atomic E-state index is 13.5. The van der Waals surface area contributed by atoms with Crippen LogP contribution in [0.4, 0.5) is 23.8 Å². The number of urea groups is 1. The molecule has 2 aliphatic heterocycles. The molecule has 2 saturated heterocycles. The monoisotopic (exact) mass is 561 g/mol. The fraction of sp³-hybridized carbons (Fsp3) is 0.321. The van der Waals surface area contributed by atoms with Crippen molar-refractivity contribution >= 4 is 23.0 Å². The summed E-state index contributed by atoms with van der Waals surface area (Å²) in [4.78, 5) is 30.9. The normalized spacial score (nSPS) is 17.7. The Kier molecular flexibility index (Phi) is 6.61. The molecular weight excluding hydrogens is 535 g/mol. The number of alkyl halides is 3. The van der Waals surface area contributed by atoms with E-state index >= 15 is 0 Å². The maximum Gasteiger partial charge on any atom is 0.433 e. The summed E-state index contributed by atoms with van der Waals surface area (Å²) < 4.78 is 42.2. The number of piperazine rings is 1. The van der Waals surface area contributed by atoms with Crippen LogP contribution in [-0.2, 0) is 6.18 Å². The number of nitrogens with two attached hydrogens (primary N) is 1. The number of hydrogen-bond donors (Lipinski definition) is 1. The summed E-state index contributed by atoms with van der Waals surface area (Å²) in [6.07, 6.45) is -0.165. The molecule has 210 valence electrons. The van der Waals surface area contributed by atoms with Gasteiger partial charge in [0.25, 0.3) is 0 Å². The Balaban J connectivity index is 1.29. The van der Waals surface area contributed by atoms with E-state index in [9.17, 15) is 18.0 Å². The highest BCUT2D eigenvalue weighted by Gasteiger charge is 2.34. The van der Waals surface area contributed by atoms with Gasteiger partial charge in [0.2, 0.25) is 0 Å². The number of halogens is 3. The number of amides is 2. The molecule has 1 unspecified atom stereocenters. The lowest BCUT2D eigenvalue weighted by atomic mass is 9.98. The molecule has 2 N–H and O–H groups in total. The third kappa shape index (κ3) is 4.97. The van der Waals surface area contributed by atoms with Gasteiger partial charge in [-0.15, -0.1) is 0 Å². The summed E-state index contributed by atoms with van der Waals surface area (Å²) >= 11 is 0. The third-order valence-corrected chi connectivity index (χ3v) is 7.65. The highest BCUT2D eigenvalue weighted by Crippen LogP contribution is 2.35. The molecule has 5 heterocycles. The van der Waals surface area contributed by atoms with E-state index in [0.29, 0.717) is 61.9 Å². The van der Waals surface area contributed by atoms with Crippen molar-refractivity contribution in [3.05, 3.63) is 66.0 Å². The minimum Gasteiger partial charge on any atom is -0.383 e. The first-order valence-corrected chi connectivity index (χ1v) is 13.2. The highest BCUT2D eigenvalue weighted by molar-refractivity contribution is 5.83. The topological polar surface area (TPSA) is 120 Å². The zero-order chi connectivity index (χ0) is 28.7. The Morgan fingerprint density at radius 3 is 2.41 bits per heavy atom. The second-order valence-electron chi connectivity index (χ2n) is 10.1. The molecule has 0 saturated carbocycles. The van der Waals surface area contributed by atoms with E-state index < -0.39 is 11.9 Å². The Morgan fingerprint density at radius 2 is 1.73 bits per heavy atom. The van der Waals surface area contributed by atoms with E-state index in [2.05, 4.69) is 21.1 Å². The molecule has 0 spiro atoms. The fourth-order valence-electron chi connectivity index (χ4n) is 5.45. The third-order valence-electron chi connectivity index (χ3n) is 7.65. The van der Waals surface area contributed by atoms with Gasteiger partial charge < -0.3 is 20.4 Å². The number of hydrogen-bond acceptors (Lipinski definition) is 7. The van der Waals surface area contributed by atoms with Crippen LogP contribution in [0.1, 0.15) is 23.6 Å². The standard InChI is InChI=1S/C28H26F3N9O/c29-28(30,31)23-8-7-22-26(36-23)40(25(35-22)21-2-1-10-34-24(21)33)20-5-3-18(4-6-20)19-9-11-39(16-19)27(41)38-14-12-37(17-32)13-15-38/h1-8,10,19H,9,11-16H2,(H2,33,34). The predicted octanol–water partition coefficient (Wildman–Crippen LogP) is 4.09. The van der Waals surface area contributed by atoms with Crippen LogP contribution in [0.25, 0.3) is 28.2 Å². The first kappa shape index (κ1) is 26.4. The molecule has 10 nitrogen and oxygen atoms in total. The van der Waals surface area contributed by atoms with Gasteiger partial charge >= 0.3 is 12.2 Å². The Bertz CT molecular complexity index is 1640. The average Bonchev–Trinajstić information content (AvgIpc) is 3.62. The molecule has 2 aliphatic rings. The number of imidazole rings is 1. The van der Waals surface area contributed by atoms with Crippen LogP contribution in [0.15, 0.2) is 54.7 Å². The molecular formula is C28H26F3N9O. The summed E-state index contributed by atoms with van der Waals surface area (Å²) in [5.74, 6) is 0.650. The summed E-state index contributed by atoms with van der Waals surface area (Å²) in [7, 11) is 0. The van der Waals surface area contributed by atoms with Crippen LogP contribution in [0.2, 0.25) is 0 Å². The van der Waals surface area contributed by atoms with Gasteiger partial charge in [0.15, 0.2) is 17.7 Å². The zero-order valence-electron chi connectivity index (χ0n) is 21.9. The smallest absolute Gasteiger partial charge is 0.383 e. The van der Waals surface area contributed by atoms with Gasteiger partial charge in [-0.2, -0.15) is 18.4 Å². The van der Waals surface area contributed by atoms with E-state index in [-0.39, 0.29) is 23.4 Å². The molecule has 2 fully saturated rings. The first-order valence-electron chi connectivity index (χ1n) is 13.2. The van der Waals surface area contributed by atoms with Crippen molar-refractivity contribution in [2.75, 3.05) is 45.0 Å². The number of anilines is 1. The molecule has 1 atom stereocenters. The van der Waals surface area contributed by atoms with Crippen LogP contribution in [0, 0.1) is 11.5 Å². The van der Waals surface area contributed by atoms with Crippen LogP contribution < -0.4 is 5.73 Å². The van der Waals surface area contributed by atoms with Gasteiger partial charge in [-0.3, -0.25) is 4.57 Å². The van der Waals surface area contributed by atoms with Gasteiger partial charge in [0, 0.05) is 57.1 Å². The average molecular weight is 562 g/mol. The van der Waals surface area contributed by atoms with Crippen molar-refractivity contribution in [3.8, 4) is 23.3 Å². The van der Waals surface area contributed by atoms with Gasteiger partial charge in [0.1, 0.15) is 17.0 Å². The van der Waals surface area contributed by atoms with Gasteiger partial charge in [-0.1, -0.05) is 12.1 Å². The number of carbonyl (C=O) groups excluding carboxylic acids is 1. The van der Waals surface area contributed by atoms with Crippen molar-refractivity contribution < 1.29 is 18.0 Å². The van der Waals surface area contributed by atoms with E-state index in [1.165, 1.54) is 12.3 Å². The van der Waals surface area contributed by atoms with Crippen molar-refractivity contribution in [3.63, 3.8) is 0 Å². The number of benzene rings is 1. The molecule has 0 radical (unpaired) electrons. The van der Waals surface area contributed by atoms with E-state index in [4.69, 9.17) is 11.0 Å². The molecule has 3 aromatic heterocycles. The van der Waals surface area contributed by atoms with Crippen molar-refractivity contribution in [1.29, 1.82) is 5.26 Å². The van der Waals surface area contributed by atoms with E-state index in [0.717, 1.165) is 18.1 Å². The molecule has 6 rings (SSSR count). The van der Waals surface area contributed by atoms with Crippen molar-refractivity contribution in [1.82, 2.24) is 34.2 Å². The number of fused-ring (bicyclic) bond motifs is 1. The molecule has 0 aliphatic carbocycles. The van der Waals surface area contributed by atoms with Crippen LogP contribution in [-0.4, -0.2) is 79.5 Å². The van der Waals surface area contributed by atoms with Gasteiger partial charge in [0.05, 0.1) is 5.56 Å². The predicted molar refractivity (Wildman–Crippen MR) is 145 cm³/mol. The number of rotatable bonds is 3. The fourth-order valence-corrected chi connectivity index (χ4v) is 5.45. The number of likely N-dealkylation sites (tertiary alicyclic amines) is 1. The minimum absolute atomic E-state index is 0.0168. The van der Waals surface area contributed by atoms with E-state index in [1.54, 1.807) is 26.5 Å². The van der Waals surface area contributed by atoms with E-state index in [1.807, 2.05) is 29.2 Å². The number of carbonyl (C=O) groups is 1. The number of aromatic nitrogens is 4. The zero-order valence-corrected chi connectivity index (χ0v) is 21.9. The lowest BCUT2D eigenvalue weighted by molar-refractivity contribution is -0.141. The van der Waals surface area contributed by atoms with Crippen molar-refractivity contribution in [2.24, 2.45) is 0 Å². The highest BCUT2D eigenvalue weighted by atomic mass is 19.4. The van der Waals surface area contributed by atoms with Crippen LogP contribution >= 0.6 is 0 Å². The summed E-state index contributed by atoms with van der Waals surface area (Å²) in [6, 6.07) is 13.1. The van der Waals surface area contributed by atoms with Crippen LogP contribution in [0.3, 0.4) is 0 Å². The number of nitrogen functional groups attached to an aromatic ring is 1. The molecule has 13 heteroatoms. The van der Waals surface area contributed by atoms with Gasteiger partial charge in [-0.05, 0) is 48.4 Å². The molecule has 2 amide bonds. The van der Waals surface area contributed by atoms with Gasteiger partial charge in [-0.25, -0.2) is 19.7 Å². The molecule has 4 aromatic rings. The number of nitrogens with zero attached hydrogens (tertiary/aromatic N) is 8. The second-order valence-corrected chi connectivity index (χ2v) is 10.1. The maximum absolute atomic E-state index is 13.5. The summed E-state index contributed by atoms with van der Waals surface area (Å²) in [5, 5.41) is 9.05. The lowest BCUT2D eigenvalue weighted by Gasteiger charge is -2.34. The second kappa shape index (κ2) is 10.3. The SMILES string of the molecule is N#CN1CCN(C(=O)N2CCC(c3ccc(-n4c(-c5cccnc5N)nc5ccc(C(F)(F)F)nc54)cc3)C2)CC1. The summed E-state index contributed by atoms with van der Waals surface area (Å²) in [6.45, 7) is 3.32. The Hall–Kier alpha value is -4.86. The Morgan fingerprint density at radius 1 is 0.976 bits per heavy atom. The first-order chi connectivity index (χ1) is 19.7. The largest absolute Gasteiger partial charge is 0.433 e. The number of pyridine rings is 2. The molecule has 1 aromatic carbocycles. The minimum atomic E-state index is -4.62. The van der Waals surface area contributed by atoms with Crippen LogP contribution in [0.5, 0.6) is 0 Å². The number of nitriles is 1. The van der Waals surface area contributed by atoms with Crippen molar-refractivity contribution in [2.45, 2.75) is 18.5 Å². The quantitative estimate of drug-likeness (QED) is 0.374. The Labute approximate surface area is 233 Å². The summed E-state index contributed by atoms with van der Waals surface area (Å²) in [5.41, 5.74) is 7.52. The molecule has 0 bridgehead atoms.